The van der Waals surface area contributed by atoms with Gasteiger partial charge in [-0.2, -0.15) is 0 Å². The van der Waals surface area contributed by atoms with Gasteiger partial charge in [-0.25, -0.2) is 4.98 Å². The lowest BCUT2D eigenvalue weighted by Gasteiger charge is -2.15. The molecule has 1 saturated heterocycles. The zero-order valence-electron chi connectivity index (χ0n) is 16.7. The van der Waals surface area contributed by atoms with E-state index in [0.29, 0.717) is 23.0 Å². The van der Waals surface area contributed by atoms with E-state index < -0.39 is 0 Å². The number of aryl methyl sites for hydroxylation is 1. The number of nitrogen functional groups attached to an aromatic ring is 1. The molecule has 150 valence electrons. The maximum Gasteiger partial charge on any atom is 0.255 e. The molecule has 5 nitrogen and oxygen atoms in total. The molecule has 2 heterocycles. The quantitative estimate of drug-likeness (QED) is 0.681. The predicted molar refractivity (Wildman–Crippen MR) is 119 cm³/mol. The molecule has 0 aliphatic carbocycles. The number of carbonyl (C=O) groups is 1. The number of amides is 1. The second-order valence-electron chi connectivity index (χ2n) is 7.88. The summed E-state index contributed by atoms with van der Waals surface area (Å²) in [6.45, 7) is 4.76. The maximum atomic E-state index is 12.9. The summed E-state index contributed by atoms with van der Waals surface area (Å²) in [5.41, 5.74) is 9.61. The first-order chi connectivity index (χ1) is 13.9. The summed E-state index contributed by atoms with van der Waals surface area (Å²) in [6, 6.07) is 11.8. The molecule has 0 radical (unpaired) electrons. The number of halogens is 1. The van der Waals surface area contributed by atoms with Crippen molar-refractivity contribution in [3.63, 3.8) is 0 Å². The van der Waals surface area contributed by atoms with Gasteiger partial charge < -0.3 is 16.0 Å². The van der Waals surface area contributed by atoms with Crippen molar-refractivity contribution < 1.29 is 4.79 Å². The van der Waals surface area contributed by atoms with Crippen molar-refractivity contribution in [2.45, 2.75) is 13.3 Å². The van der Waals surface area contributed by atoms with Crippen LogP contribution in [0.25, 0.3) is 21.9 Å². The summed E-state index contributed by atoms with van der Waals surface area (Å²) in [5.74, 6) is 0.556. The highest BCUT2D eigenvalue weighted by molar-refractivity contribution is 6.33. The van der Waals surface area contributed by atoms with Gasteiger partial charge in [0.1, 0.15) is 5.82 Å². The minimum absolute atomic E-state index is 0.170. The van der Waals surface area contributed by atoms with Crippen molar-refractivity contribution in [2.24, 2.45) is 5.92 Å². The van der Waals surface area contributed by atoms with E-state index in [9.17, 15) is 4.79 Å². The van der Waals surface area contributed by atoms with Gasteiger partial charge in [0.2, 0.25) is 0 Å². The predicted octanol–water partition coefficient (Wildman–Crippen LogP) is 4.13. The van der Waals surface area contributed by atoms with Crippen LogP contribution < -0.4 is 11.1 Å². The number of likely N-dealkylation sites (tertiary alicyclic amines) is 1. The van der Waals surface area contributed by atoms with Gasteiger partial charge in [-0.1, -0.05) is 35.9 Å². The molecule has 1 atom stereocenters. The molecule has 29 heavy (non-hydrogen) atoms. The van der Waals surface area contributed by atoms with Gasteiger partial charge >= 0.3 is 0 Å². The zero-order valence-corrected chi connectivity index (χ0v) is 17.5. The number of fused-ring (bicyclic) bond motifs is 1. The number of hydrogen-bond donors (Lipinski definition) is 2. The third kappa shape index (κ3) is 3.93. The van der Waals surface area contributed by atoms with Crippen molar-refractivity contribution in [2.75, 3.05) is 32.4 Å². The minimum atomic E-state index is -0.170. The number of rotatable bonds is 4. The van der Waals surface area contributed by atoms with Crippen molar-refractivity contribution in [3.05, 3.63) is 58.7 Å². The summed E-state index contributed by atoms with van der Waals surface area (Å²) in [5, 5.41) is 5.41. The molecule has 2 aromatic carbocycles. The van der Waals surface area contributed by atoms with Crippen LogP contribution in [0.4, 0.5) is 5.82 Å². The lowest BCUT2D eigenvalue weighted by Crippen LogP contribution is -2.31. The highest BCUT2D eigenvalue weighted by Crippen LogP contribution is 2.34. The largest absolute Gasteiger partial charge is 0.383 e. The van der Waals surface area contributed by atoms with E-state index >= 15 is 0 Å². The van der Waals surface area contributed by atoms with Crippen LogP contribution in [0.5, 0.6) is 0 Å². The number of pyridine rings is 1. The second kappa shape index (κ2) is 8.01. The topological polar surface area (TPSA) is 71.2 Å². The van der Waals surface area contributed by atoms with Crippen molar-refractivity contribution in [1.82, 2.24) is 15.2 Å². The first-order valence-corrected chi connectivity index (χ1v) is 10.2. The highest BCUT2D eigenvalue weighted by Gasteiger charge is 2.22. The van der Waals surface area contributed by atoms with Crippen LogP contribution in [0.1, 0.15) is 22.3 Å². The fourth-order valence-electron chi connectivity index (χ4n) is 4.15. The molecule has 1 aromatic heterocycles. The van der Waals surface area contributed by atoms with E-state index in [-0.39, 0.29) is 11.7 Å². The number of nitrogens with one attached hydrogen (secondary N) is 1. The van der Waals surface area contributed by atoms with E-state index in [0.717, 1.165) is 47.0 Å². The molecular weight excluding hydrogens is 384 g/mol. The van der Waals surface area contributed by atoms with Crippen molar-refractivity contribution in [3.8, 4) is 11.1 Å². The number of hydrogen-bond acceptors (Lipinski definition) is 4. The molecule has 0 bridgehead atoms. The molecule has 0 spiro atoms. The molecular formula is C23H25ClN4O. The monoisotopic (exact) mass is 408 g/mol. The number of nitrogens with two attached hydrogens (primary N) is 1. The third-order valence-electron chi connectivity index (χ3n) is 5.70. The number of aromatic nitrogens is 1. The van der Waals surface area contributed by atoms with Crippen LogP contribution in [-0.4, -0.2) is 42.5 Å². The lowest BCUT2D eigenvalue weighted by molar-refractivity contribution is 0.0950. The van der Waals surface area contributed by atoms with Gasteiger partial charge in [0.25, 0.3) is 5.91 Å². The summed E-state index contributed by atoms with van der Waals surface area (Å²) >= 11 is 6.43. The maximum absolute atomic E-state index is 12.9. The van der Waals surface area contributed by atoms with Crippen LogP contribution in [0, 0.1) is 12.8 Å². The van der Waals surface area contributed by atoms with Gasteiger partial charge in [-0.15, -0.1) is 0 Å². The summed E-state index contributed by atoms with van der Waals surface area (Å²) in [6.07, 6.45) is 2.81. The Labute approximate surface area is 175 Å². The lowest BCUT2D eigenvalue weighted by atomic mass is 9.96. The van der Waals surface area contributed by atoms with Crippen LogP contribution in [-0.2, 0) is 0 Å². The molecule has 1 unspecified atom stereocenters. The Bertz CT molecular complexity index is 1060. The van der Waals surface area contributed by atoms with Crippen LogP contribution in [0.3, 0.4) is 0 Å². The van der Waals surface area contributed by atoms with Gasteiger partial charge in [-0.05, 0) is 61.5 Å². The Hall–Kier alpha value is -2.63. The molecule has 4 rings (SSSR count). The molecule has 1 aliphatic heterocycles. The highest BCUT2D eigenvalue weighted by atomic mass is 35.5. The number of benzene rings is 2. The normalized spacial score (nSPS) is 17.0. The SMILES string of the molecule is Cc1cccc(Cl)c1-c1ccc2c(C(=O)NCC3CCN(C)C3)c(N)ncc2c1. The van der Waals surface area contributed by atoms with Crippen molar-refractivity contribution >= 4 is 34.1 Å². The van der Waals surface area contributed by atoms with E-state index in [4.69, 9.17) is 17.3 Å². The van der Waals surface area contributed by atoms with E-state index in [1.165, 1.54) is 0 Å². The molecule has 1 amide bonds. The number of nitrogens with zero attached hydrogens (tertiary/aromatic N) is 2. The molecule has 6 heteroatoms. The zero-order chi connectivity index (χ0) is 20.5. The van der Waals surface area contributed by atoms with E-state index in [1.807, 2.05) is 43.3 Å². The van der Waals surface area contributed by atoms with Gasteiger partial charge in [-0.3, -0.25) is 4.79 Å². The number of carbonyl (C=O) groups excluding carboxylic acids is 1. The Morgan fingerprint density at radius 3 is 2.90 bits per heavy atom. The first kappa shape index (κ1) is 19.7. The summed E-state index contributed by atoms with van der Waals surface area (Å²) in [7, 11) is 2.10. The van der Waals surface area contributed by atoms with Crippen molar-refractivity contribution in [1.29, 1.82) is 0 Å². The summed E-state index contributed by atoms with van der Waals surface area (Å²) < 4.78 is 0. The molecule has 1 aliphatic rings. The van der Waals surface area contributed by atoms with Crippen LogP contribution >= 0.6 is 11.6 Å². The van der Waals surface area contributed by atoms with Gasteiger partial charge in [0.15, 0.2) is 0 Å². The minimum Gasteiger partial charge on any atom is -0.383 e. The Morgan fingerprint density at radius 1 is 1.34 bits per heavy atom. The molecule has 3 N–H and O–H groups in total. The molecule has 0 saturated carbocycles. The molecule has 3 aromatic rings. The van der Waals surface area contributed by atoms with Crippen LogP contribution in [0.15, 0.2) is 42.6 Å². The van der Waals surface area contributed by atoms with Gasteiger partial charge in [0, 0.05) is 35.3 Å². The Morgan fingerprint density at radius 2 is 2.17 bits per heavy atom. The summed E-state index contributed by atoms with van der Waals surface area (Å²) in [4.78, 5) is 19.5. The Kier molecular flexibility index (Phi) is 5.43. The van der Waals surface area contributed by atoms with Gasteiger partial charge in [0.05, 0.1) is 5.56 Å². The standard InChI is InChI=1S/C23H25ClN4O/c1-14-4-3-5-19(24)20(14)16-6-7-18-17(10-16)12-26-22(25)21(18)23(29)27-11-15-8-9-28(2)13-15/h3-7,10,12,15H,8-9,11,13H2,1-2H3,(H2,25,26)(H,27,29). The van der Waals surface area contributed by atoms with E-state index in [2.05, 4.69) is 22.2 Å². The third-order valence-corrected chi connectivity index (χ3v) is 6.01. The molecule has 1 fully saturated rings. The average Bonchev–Trinajstić information content (AvgIpc) is 3.11. The fraction of sp³-hybridized carbons (Fsp3) is 0.304. The second-order valence-corrected chi connectivity index (χ2v) is 8.29. The average molecular weight is 409 g/mol. The smallest absolute Gasteiger partial charge is 0.255 e. The number of anilines is 1. The van der Waals surface area contributed by atoms with Crippen LogP contribution in [0.2, 0.25) is 5.02 Å². The first-order valence-electron chi connectivity index (χ1n) is 9.84. The fourth-order valence-corrected chi connectivity index (χ4v) is 4.48. The Balaban J connectivity index is 1.66. The van der Waals surface area contributed by atoms with E-state index in [1.54, 1.807) is 6.20 Å².